The van der Waals surface area contributed by atoms with Crippen molar-refractivity contribution in [2.24, 2.45) is 7.05 Å². The van der Waals surface area contributed by atoms with Gasteiger partial charge in [-0.25, -0.2) is 14.8 Å². The molecule has 0 spiro atoms. The smallest absolute Gasteiger partial charge is 0.410 e. The van der Waals surface area contributed by atoms with E-state index in [2.05, 4.69) is 46.3 Å². The van der Waals surface area contributed by atoms with Crippen LogP contribution < -0.4 is 4.90 Å². The van der Waals surface area contributed by atoms with Crippen LogP contribution in [-0.4, -0.2) is 81.8 Å². The number of hydrogen-bond donors (Lipinski definition) is 0. The van der Waals surface area contributed by atoms with E-state index in [9.17, 15) is 10.1 Å². The molecule has 0 aromatic carbocycles. The van der Waals surface area contributed by atoms with E-state index < -0.39 is 13.7 Å². The van der Waals surface area contributed by atoms with Crippen molar-refractivity contribution in [3.8, 4) is 28.5 Å². The number of carbonyl (C=O) groups is 1. The van der Waals surface area contributed by atoms with Gasteiger partial charge in [0, 0.05) is 88.6 Å². The number of amides is 1. The van der Waals surface area contributed by atoms with Gasteiger partial charge in [-0.1, -0.05) is 19.6 Å². The summed E-state index contributed by atoms with van der Waals surface area (Å²) < 4.78 is 15.5. The van der Waals surface area contributed by atoms with Crippen LogP contribution in [0.25, 0.3) is 33.4 Å². The Hall–Kier alpha value is -4.21. The number of fused-ring (bicyclic) bond motifs is 1. The van der Waals surface area contributed by atoms with E-state index >= 15 is 0 Å². The minimum absolute atomic E-state index is 0.287. The first-order valence-corrected chi connectivity index (χ1v) is 18.7. The Morgan fingerprint density at radius 2 is 1.80 bits per heavy atom. The number of aryl methyl sites for hydroxylation is 1. The van der Waals surface area contributed by atoms with Gasteiger partial charge >= 0.3 is 6.09 Å². The fraction of sp³-hybridized carbons (Fsp3) is 0.469. The lowest BCUT2D eigenvalue weighted by Gasteiger charge is -2.36. The van der Waals surface area contributed by atoms with E-state index in [1.807, 2.05) is 58.5 Å². The SMILES string of the molecule is Cn1cc(-c2cc3c(-c4ccc(N5CCN(C(=O)OC(C)(C)C)CC5)nc4)c(C#N)cnc3n2COCC[Si](C)(C)C)cn1. The Balaban J connectivity index is 1.43. The molecule has 0 N–H and O–H groups in total. The van der Waals surface area contributed by atoms with Gasteiger partial charge in [-0.15, -0.1) is 0 Å². The molecule has 0 bridgehead atoms. The van der Waals surface area contributed by atoms with Crippen LogP contribution in [0.3, 0.4) is 0 Å². The molecule has 232 valence electrons. The maximum atomic E-state index is 12.5. The largest absolute Gasteiger partial charge is 0.444 e. The number of pyridine rings is 2. The highest BCUT2D eigenvalue weighted by molar-refractivity contribution is 6.76. The number of ether oxygens (including phenoxy) is 2. The van der Waals surface area contributed by atoms with Crippen molar-refractivity contribution in [1.29, 1.82) is 5.26 Å². The Morgan fingerprint density at radius 3 is 2.39 bits per heavy atom. The molecule has 0 aliphatic carbocycles. The monoisotopic (exact) mass is 614 g/mol. The number of hydrogen-bond acceptors (Lipinski definition) is 8. The van der Waals surface area contributed by atoms with E-state index in [-0.39, 0.29) is 6.09 Å². The highest BCUT2D eigenvalue weighted by Crippen LogP contribution is 2.36. The molecular formula is C32H42N8O3Si. The predicted molar refractivity (Wildman–Crippen MR) is 174 cm³/mol. The molecule has 1 aliphatic rings. The van der Waals surface area contributed by atoms with E-state index in [0.29, 0.717) is 45.1 Å². The summed E-state index contributed by atoms with van der Waals surface area (Å²) in [4.78, 5) is 25.9. The lowest BCUT2D eigenvalue weighted by atomic mass is 10.00. The van der Waals surface area contributed by atoms with E-state index in [4.69, 9.17) is 19.4 Å². The van der Waals surface area contributed by atoms with Gasteiger partial charge in [-0.05, 0) is 45.0 Å². The van der Waals surface area contributed by atoms with Crippen LogP contribution in [0.1, 0.15) is 26.3 Å². The number of anilines is 1. The molecule has 0 saturated carbocycles. The molecule has 4 aromatic heterocycles. The third kappa shape index (κ3) is 7.11. The van der Waals surface area contributed by atoms with Crippen LogP contribution in [0.15, 0.2) is 43.0 Å². The van der Waals surface area contributed by atoms with Crippen LogP contribution in [0.2, 0.25) is 25.7 Å². The lowest BCUT2D eigenvalue weighted by Crippen LogP contribution is -2.50. The van der Waals surface area contributed by atoms with Crippen molar-refractivity contribution in [2.75, 3.05) is 37.7 Å². The van der Waals surface area contributed by atoms with Crippen molar-refractivity contribution in [1.82, 2.24) is 29.2 Å². The predicted octanol–water partition coefficient (Wildman–Crippen LogP) is 5.74. The minimum Gasteiger partial charge on any atom is -0.444 e. The average Bonchev–Trinajstić information content (AvgIpc) is 3.56. The second-order valence-electron chi connectivity index (χ2n) is 13.5. The van der Waals surface area contributed by atoms with Gasteiger partial charge in [-0.2, -0.15) is 10.4 Å². The second kappa shape index (κ2) is 12.4. The van der Waals surface area contributed by atoms with Crippen LogP contribution in [-0.2, 0) is 23.3 Å². The summed E-state index contributed by atoms with van der Waals surface area (Å²) in [7, 11) is 0.652. The van der Waals surface area contributed by atoms with Gasteiger partial charge in [0.05, 0.1) is 17.5 Å². The maximum absolute atomic E-state index is 12.5. The van der Waals surface area contributed by atoms with Gasteiger partial charge in [0.1, 0.15) is 29.9 Å². The Labute approximate surface area is 260 Å². The first-order valence-electron chi connectivity index (χ1n) is 15.0. The summed E-state index contributed by atoms with van der Waals surface area (Å²) in [5.74, 6) is 0.825. The number of nitriles is 1. The van der Waals surface area contributed by atoms with Crippen LogP contribution in [0.4, 0.5) is 10.6 Å². The topological polar surface area (TPSA) is 114 Å². The van der Waals surface area contributed by atoms with Crippen molar-refractivity contribution < 1.29 is 14.3 Å². The first kappa shape index (κ1) is 31.2. The zero-order valence-corrected chi connectivity index (χ0v) is 27.8. The summed E-state index contributed by atoms with van der Waals surface area (Å²) in [5.41, 5.74) is 4.20. The molecule has 4 aromatic rings. The van der Waals surface area contributed by atoms with Crippen LogP contribution in [0, 0.1) is 11.3 Å². The summed E-state index contributed by atoms with van der Waals surface area (Å²) >= 11 is 0. The zero-order chi connectivity index (χ0) is 31.6. The first-order chi connectivity index (χ1) is 20.8. The van der Waals surface area contributed by atoms with Crippen molar-refractivity contribution >= 4 is 31.0 Å². The summed E-state index contributed by atoms with van der Waals surface area (Å²) in [5, 5.41) is 15.3. The van der Waals surface area contributed by atoms with Crippen molar-refractivity contribution in [3.05, 3.63) is 48.5 Å². The van der Waals surface area contributed by atoms with Gasteiger partial charge in [0.25, 0.3) is 0 Å². The molecule has 5 heterocycles. The number of nitrogens with zero attached hydrogens (tertiary/aromatic N) is 8. The Morgan fingerprint density at radius 1 is 1.05 bits per heavy atom. The molecule has 5 rings (SSSR count). The highest BCUT2D eigenvalue weighted by atomic mass is 28.3. The molecule has 1 fully saturated rings. The zero-order valence-electron chi connectivity index (χ0n) is 26.8. The standard InChI is InChI=1S/C32H42N8O3Si/c1-32(2,3)43-31(41)39-12-10-38(11-13-39)28-9-8-23(18-34-28)29-24(17-33)19-35-30-26(29)16-27(25-20-36-37(4)21-25)40(30)22-42-14-15-44(5,6)7/h8-9,16,18-21H,10-15,22H2,1-7H3. The highest BCUT2D eigenvalue weighted by Gasteiger charge is 2.27. The normalized spacial score (nSPS) is 14.2. The van der Waals surface area contributed by atoms with Gasteiger partial charge in [-0.3, -0.25) is 4.68 Å². The fourth-order valence-electron chi connectivity index (χ4n) is 5.22. The molecular weight excluding hydrogens is 572 g/mol. The fourth-order valence-corrected chi connectivity index (χ4v) is 5.97. The minimum atomic E-state index is -1.24. The van der Waals surface area contributed by atoms with E-state index in [0.717, 1.165) is 45.3 Å². The molecule has 0 unspecified atom stereocenters. The maximum Gasteiger partial charge on any atom is 0.410 e. The average molecular weight is 615 g/mol. The molecule has 0 atom stereocenters. The van der Waals surface area contributed by atoms with Crippen molar-refractivity contribution in [3.63, 3.8) is 0 Å². The molecule has 44 heavy (non-hydrogen) atoms. The molecule has 1 amide bonds. The third-order valence-corrected chi connectivity index (χ3v) is 9.26. The van der Waals surface area contributed by atoms with Gasteiger partial charge in [0.2, 0.25) is 0 Å². The van der Waals surface area contributed by atoms with Crippen molar-refractivity contribution in [2.45, 2.75) is 58.8 Å². The van der Waals surface area contributed by atoms with Gasteiger partial charge in [0.15, 0.2) is 0 Å². The number of piperazine rings is 1. The van der Waals surface area contributed by atoms with Crippen LogP contribution in [0.5, 0.6) is 0 Å². The van der Waals surface area contributed by atoms with Gasteiger partial charge < -0.3 is 23.8 Å². The molecule has 11 nitrogen and oxygen atoms in total. The van der Waals surface area contributed by atoms with Crippen LogP contribution >= 0.6 is 0 Å². The third-order valence-electron chi connectivity index (χ3n) is 7.55. The number of aromatic nitrogens is 5. The molecule has 0 radical (unpaired) electrons. The molecule has 1 saturated heterocycles. The second-order valence-corrected chi connectivity index (χ2v) is 19.1. The summed E-state index contributed by atoms with van der Waals surface area (Å²) in [6.45, 7) is 16.1. The number of carbonyl (C=O) groups excluding carboxylic acids is 1. The summed E-state index contributed by atoms with van der Waals surface area (Å²) in [6.07, 6.45) is 6.96. The van der Waals surface area contributed by atoms with E-state index in [1.165, 1.54) is 0 Å². The summed E-state index contributed by atoms with van der Waals surface area (Å²) in [6, 6.07) is 9.45. The Bertz CT molecular complexity index is 1670. The molecule has 12 heteroatoms. The number of rotatable bonds is 8. The lowest BCUT2D eigenvalue weighted by molar-refractivity contribution is 0.0240. The molecule has 1 aliphatic heterocycles. The van der Waals surface area contributed by atoms with E-state index in [1.54, 1.807) is 15.8 Å². The Kier molecular flexibility index (Phi) is 8.81. The quantitative estimate of drug-likeness (QED) is 0.182.